The highest BCUT2D eigenvalue weighted by atomic mass is 127. The van der Waals surface area contributed by atoms with E-state index in [0.717, 1.165) is 34.7 Å². The first-order valence-electron chi connectivity index (χ1n) is 10.0. The Morgan fingerprint density at radius 3 is 2.81 bits per heavy atom. The first-order valence-corrected chi connectivity index (χ1v) is 15.7. The number of nitrogens with zero attached hydrogens (tertiary/aromatic N) is 3. The van der Waals surface area contributed by atoms with Gasteiger partial charge in [0.1, 0.15) is 16.5 Å². The number of allylic oxidation sites excluding steroid dienone is 2. The molecule has 2 unspecified atom stereocenters. The van der Waals surface area contributed by atoms with Crippen molar-refractivity contribution in [1.82, 2.24) is 19.6 Å². The molecule has 0 saturated heterocycles. The van der Waals surface area contributed by atoms with Gasteiger partial charge in [0.25, 0.3) is 0 Å². The van der Waals surface area contributed by atoms with Crippen molar-refractivity contribution in [2.45, 2.75) is 31.3 Å². The van der Waals surface area contributed by atoms with Crippen molar-refractivity contribution in [2.24, 2.45) is 0 Å². The summed E-state index contributed by atoms with van der Waals surface area (Å²) in [5.74, 6) is 0.353. The van der Waals surface area contributed by atoms with Crippen molar-refractivity contribution in [2.75, 3.05) is 18.1 Å². The minimum absolute atomic E-state index is 0.263. The van der Waals surface area contributed by atoms with Crippen molar-refractivity contribution in [1.29, 1.82) is 0 Å². The minimum Gasteiger partial charge on any atom is -0.391 e. The van der Waals surface area contributed by atoms with E-state index < -0.39 is 6.17 Å². The van der Waals surface area contributed by atoms with Crippen LogP contribution in [-0.4, -0.2) is 27.1 Å². The number of imidazole rings is 1. The molecule has 10 heteroatoms. The number of anilines is 2. The molecule has 3 rings (SSSR count). The van der Waals surface area contributed by atoms with E-state index >= 15 is 0 Å². The van der Waals surface area contributed by atoms with E-state index in [4.69, 9.17) is 11.6 Å². The third kappa shape index (κ3) is 5.76. The van der Waals surface area contributed by atoms with Crippen LogP contribution in [0.4, 0.5) is 15.8 Å². The van der Waals surface area contributed by atoms with Crippen molar-refractivity contribution >= 4 is 79.9 Å². The number of fused-ring (bicyclic) bond motifs is 1. The predicted molar refractivity (Wildman–Crippen MR) is 148 cm³/mol. The monoisotopic (exact) mass is 603 g/mol. The Bertz CT molecular complexity index is 1150. The SMILES string of the molecule is C=C(/C=C\NCCC)c1ccc(Nc2cc(Cl)nc3c2nc(C(C)F)n3PI)c(SC)c1. The normalized spacial score (nSPS) is 12.8. The average Bonchev–Trinajstić information content (AvgIpc) is 3.15. The van der Waals surface area contributed by atoms with Crippen molar-refractivity contribution in [3.8, 4) is 0 Å². The molecule has 0 radical (unpaired) electrons. The van der Waals surface area contributed by atoms with Gasteiger partial charge in [-0.3, -0.25) is 4.34 Å². The minimum atomic E-state index is -1.20. The van der Waals surface area contributed by atoms with Gasteiger partial charge >= 0.3 is 0 Å². The number of hydrogen-bond donors (Lipinski definition) is 2. The molecule has 0 aliphatic heterocycles. The van der Waals surface area contributed by atoms with E-state index in [1.54, 1.807) is 22.2 Å². The molecule has 0 saturated carbocycles. The standard InChI is InChI=1S/C22H25ClFIN5PS/c1-5-9-26-10-8-13(2)15-6-7-16(18(11-15)32-4)27-17-12-19(23)28-22-20(17)29-21(14(3)24)30(22)31-25/h6-8,10-12,14,26,31H,2,5,9H2,1,3-4H3,(H,27,28)/b10-8-. The van der Waals surface area contributed by atoms with Gasteiger partial charge in [-0.15, -0.1) is 11.8 Å². The van der Waals surface area contributed by atoms with E-state index in [9.17, 15) is 4.39 Å². The first-order chi connectivity index (χ1) is 15.4. The molecule has 0 aliphatic carbocycles. The smallest absolute Gasteiger partial charge is 0.167 e. The molecule has 0 amide bonds. The van der Waals surface area contributed by atoms with Crippen molar-refractivity contribution in [3.63, 3.8) is 0 Å². The Morgan fingerprint density at radius 1 is 1.38 bits per heavy atom. The van der Waals surface area contributed by atoms with Crippen LogP contribution in [0.1, 0.15) is 37.8 Å². The fourth-order valence-corrected chi connectivity index (χ4v) is 5.85. The van der Waals surface area contributed by atoms with Gasteiger partial charge in [-0.05, 0) is 77.2 Å². The topological polar surface area (TPSA) is 54.8 Å². The zero-order valence-electron chi connectivity index (χ0n) is 18.0. The summed E-state index contributed by atoms with van der Waals surface area (Å²) < 4.78 is 15.9. The van der Waals surface area contributed by atoms with Crippen LogP contribution in [0.3, 0.4) is 0 Å². The number of rotatable bonds is 10. The fraction of sp³-hybridized carbons (Fsp3) is 0.273. The lowest BCUT2D eigenvalue weighted by Crippen LogP contribution is -2.04. The van der Waals surface area contributed by atoms with E-state index in [2.05, 4.69) is 62.2 Å². The van der Waals surface area contributed by atoms with E-state index in [1.165, 1.54) is 6.92 Å². The van der Waals surface area contributed by atoms with Gasteiger partial charge in [0.05, 0.1) is 17.7 Å². The molecule has 0 fully saturated rings. The Labute approximate surface area is 212 Å². The second-order valence-electron chi connectivity index (χ2n) is 7.02. The molecule has 2 N–H and O–H groups in total. The lowest BCUT2D eigenvalue weighted by molar-refractivity contribution is 0.357. The molecule has 2 aromatic heterocycles. The molecular formula is C22H25ClFIN5PS. The van der Waals surface area contributed by atoms with Crippen LogP contribution in [0.25, 0.3) is 16.7 Å². The van der Waals surface area contributed by atoms with Crippen LogP contribution in [-0.2, 0) is 0 Å². The number of benzene rings is 1. The highest BCUT2D eigenvalue weighted by Crippen LogP contribution is 2.39. The quantitative estimate of drug-likeness (QED) is 0.0616. The lowest BCUT2D eigenvalue weighted by Gasteiger charge is -2.13. The number of aromatic nitrogens is 3. The van der Waals surface area contributed by atoms with Crippen LogP contribution in [0, 0.1) is 0 Å². The van der Waals surface area contributed by atoms with E-state index in [-0.39, 0.29) is 6.37 Å². The largest absolute Gasteiger partial charge is 0.391 e. The Hall–Kier alpha value is -1.35. The van der Waals surface area contributed by atoms with Crippen LogP contribution in [0.2, 0.25) is 5.15 Å². The molecule has 0 spiro atoms. The summed E-state index contributed by atoms with van der Waals surface area (Å²) in [7, 11) is 0. The van der Waals surface area contributed by atoms with Crippen molar-refractivity contribution < 1.29 is 4.39 Å². The van der Waals surface area contributed by atoms with Gasteiger partial charge in [0.15, 0.2) is 11.8 Å². The Balaban J connectivity index is 1.96. The van der Waals surface area contributed by atoms with Crippen LogP contribution in [0.15, 0.2) is 48.0 Å². The third-order valence-electron chi connectivity index (χ3n) is 4.69. The molecule has 0 bridgehead atoms. The summed E-state index contributed by atoms with van der Waals surface area (Å²) in [5.41, 5.74) is 4.74. The number of alkyl halides is 1. The second kappa shape index (κ2) is 11.7. The highest BCUT2D eigenvalue weighted by Gasteiger charge is 2.20. The second-order valence-corrected chi connectivity index (χ2v) is 10.3. The summed E-state index contributed by atoms with van der Waals surface area (Å²) in [6.45, 7) is 8.71. The summed E-state index contributed by atoms with van der Waals surface area (Å²) in [6, 6.07) is 7.85. The molecule has 2 atom stereocenters. The third-order valence-corrected chi connectivity index (χ3v) is 7.72. The molecule has 170 valence electrons. The van der Waals surface area contributed by atoms with Gasteiger partial charge in [0, 0.05) is 17.5 Å². The maximum atomic E-state index is 14.2. The fourth-order valence-electron chi connectivity index (χ4n) is 3.10. The number of nitrogens with one attached hydrogen (secondary N) is 2. The molecular weight excluding hydrogens is 579 g/mol. The molecule has 2 heterocycles. The predicted octanol–water partition coefficient (Wildman–Crippen LogP) is 7.90. The summed E-state index contributed by atoms with van der Waals surface area (Å²) >= 11 is 10.1. The Morgan fingerprint density at radius 2 is 2.16 bits per heavy atom. The van der Waals surface area contributed by atoms with Crippen molar-refractivity contribution in [3.05, 3.63) is 59.7 Å². The number of thioether (sulfide) groups is 1. The number of halogens is 3. The summed E-state index contributed by atoms with van der Waals surface area (Å²) in [6.07, 6.45) is 6.06. The summed E-state index contributed by atoms with van der Waals surface area (Å²) in [4.78, 5) is 9.99. The lowest BCUT2D eigenvalue weighted by atomic mass is 10.1. The Kier molecular flexibility index (Phi) is 9.22. The van der Waals surface area contributed by atoms with Gasteiger partial charge in [0.2, 0.25) is 0 Å². The zero-order valence-corrected chi connectivity index (χ0v) is 22.8. The van der Waals surface area contributed by atoms with E-state index in [1.807, 2.05) is 30.7 Å². The molecule has 0 aliphatic rings. The van der Waals surface area contributed by atoms with Gasteiger partial charge in [-0.2, -0.15) is 0 Å². The first kappa shape index (κ1) is 25.3. The van der Waals surface area contributed by atoms with Crippen LogP contribution in [0.5, 0.6) is 0 Å². The van der Waals surface area contributed by atoms with E-state index in [0.29, 0.717) is 27.8 Å². The molecule has 5 nitrogen and oxygen atoms in total. The maximum Gasteiger partial charge on any atom is 0.167 e. The number of pyridine rings is 1. The van der Waals surface area contributed by atoms with Gasteiger partial charge in [-0.25, -0.2) is 14.4 Å². The van der Waals surface area contributed by atoms with Crippen LogP contribution < -0.4 is 10.6 Å². The highest BCUT2D eigenvalue weighted by molar-refractivity contribution is 14.2. The molecule has 1 aromatic carbocycles. The maximum absolute atomic E-state index is 14.2. The average molecular weight is 604 g/mol. The van der Waals surface area contributed by atoms with Gasteiger partial charge in [-0.1, -0.05) is 31.2 Å². The number of hydrogen-bond acceptors (Lipinski definition) is 5. The summed E-state index contributed by atoms with van der Waals surface area (Å²) in [5, 5.41) is 7.00. The molecule has 32 heavy (non-hydrogen) atoms. The van der Waals surface area contributed by atoms with Crippen LogP contribution >= 0.6 is 51.8 Å². The zero-order chi connectivity index (χ0) is 23.3. The molecule has 3 aromatic rings. The van der Waals surface area contributed by atoms with Gasteiger partial charge < -0.3 is 10.6 Å².